The van der Waals surface area contributed by atoms with Gasteiger partial charge in [-0.05, 0) is 65.8 Å². The molecule has 4 aromatic rings. The molecule has 0 aliphatic carbocycles. The van der Waals surface area contributed by atoms with Crippen molar-refractivity contribution >= 4 is 42.1 Å². The molecular formula is C56H60O30. The van der Waals surface area contributed by atoms with E-state index >= 15 is 0 Å². The number of phenolic OH excluding ortho intramolecular Hbond substituents is 5. The van der Waals surface area contributed by atoms with Crippen LogP contribution >= 0.6 is 0 Å². The number of methoxy groups -OCH3 is 3. The minimum atomic E-state index is -2.17. The second-order valence-corrected chi connectivity index (χ2v) is 19.4. The van der Waals surface area contributed by atoms with E-state index in [2.05, 4.69) is 0 Å². The number of carbonyl (C=O) groups excluding carboxylic acids is 3. The van der Waals surface area contributed by atoms with Crippen LogP contribution in [0, 0.1) is 0 Å². The summed E-state index contributed by atoms with van der Waals surface area (Å²) in [6.07, 6.45) is -24.3. The first-order valence-electron chi connectivity index (χ1n) is 25.8. The number of hydrogen-bond acceptors (Lipinski definition) is 29. The molecule has 0 amide bonds. The van der Waals surface area contributed by atoms with Crippen molar-refractivity contribution in [3.05, 3.63) is 101 Å². The highest BCUT2D eigenvalue weighted by atomic mass is 16.8. The fourth-order valence-corrected chi connectivity index (χ4v) is 9.09. The second-order valence-electron chi connectivity index (χ2n) is 19.4. The van der Waals surface area contributed by atoms with Gasteiger partial charge in [-0.25, -0.2) is 9.59 Å². The summed E-state index contributed by atoms with van der Waals surface area (Å²) in [5.41, 5.74) is 0.476. The average molecular weight is 1210 g/mol. The molecule has 0 spiro atoms. The summed E-state index contributed by atoms with van der Waals surface area (Å²) in [5.74, 6) is -8.30. The number of fused-ring (bicyclic) bond motifs is 1. The molecule has 0 radical (unpaired) electrons. The number of phenols is 5. The molecule has 30 heteroatoms. The average Bonchev–Trinajstić information content (AvgIpc) is 1.80. The number of esters is 3. The molecule has 3 fully saturated rings. The molecule has 15 unspecified atom stereocenters. The van der Waals surface area contributed by atoms with Gasteiger partial charge < -0.3 is 128 Å². The van der Waals surface area contributed by atoms with Crippen LogP contribution in [-0.4, -0.2) is 217 Å². The van der Waals surface area contributed by atoms with E-state index in [0.29, 0.717) is 5.56 Å². The number of carboxylic acids is 1. The van der Waals surface area contributed by atoms with Crippen molar-refractivity contribution in [2.24, 2.45) is 0 Å². The summed E-state index contributed by atoms with van der Waals surface area (Å²) < 4.78 is 73.9. The fourth-order valence-electron chi connectivity index (χ4n) is 9.09. The van der Waals surface area contributed by atoms with Gasteiger partial charge in [0.2, 0.25) is 18.3 Å². The summed E-state index contributed by atoms with van der Waals surface area (Å²) in [7, 11) is 3.86. The molecule has 30 nitrogen and oxygen atoms in total. The first-order chi connectivity index (χ1) is 41.0. The predicted octanol–water partition coefficient (Wildman–Crippen LogP) is -0.272. The molecule has 8 rings (SSSR count). The molecule has 4 heterocycles. The van der Waals surface area contributed by atoms with E-state index in [9.17, 15) is 80.5 Å². The van der Waals surface area contributed by atoms with Gasteiger partial charge in [-0.3, -0.25) is 9.59 Å². The minimum Gasteiger partial charge on any atom is -0.508 e. The van der Waals surface area contributed by atoms with Gasteiger partial charge in [0.15, 0.2) is 59.1 Å². The maximum atomic E-state index is 13.5. The molecule has 13 N–H and O–H groups in total. The Labute approximate surface area is 486 Å². The molecule has 86 heavy (non-hydrogen) atoms. The van der Waals surface area contributed by atoms with Crippen LogP contribution in [-0.2, 0) is 57.1 Å². The summed E-state index contributed by atoms with van der Waals surface area (Å²) in [6, 6.07) is 12.3. The van der Waals surface area contributed by atoms with Gasteiger partial charge in [0.05, 0.1) is 33.5 Å². The Morgan fingerprint density at radius 3 is 1.90 bits per heavy atom. The fraction of sp³-hybridized carbons (Fsp3) is 0.393. The Balaban J connectivity index is 1.14. The van der Waals surface area contributed by atoms with Crippen molar-refractivity contribution in [2.75, 3.05) is 41.2 Å². The number of aromatic hydroxyl groups is 5. The molecular weight excluding hydrogens is 1150 g/mol. The smallest absolute Gasteiger partial charge is 0.331 e. The quantitative estimate of drug-likeness (QED) is 0.0168. The predicted molar refractivity (Wildman–Crippen MR) is 283 cm³/mol. The van der Waals surface area contributed by atoms with Crippen LogP contribution < -0.4 is 23.7 Å². The van der Waals surface area contributed by atoms with Gasteiger partial charge in [0.25, 0.3) is 0 Å². The standard InChI is InChI=1S/C56H60O30/c1-74-34-12-23(4-8-29(34)59)5-10-41(64)77-21-39-47(70)49(72)53(86-55-52(44(67)31(61)20-79-55)85-42(65)11-6-24-13-35(75-2)45(68)36(14-24)76-3)56(84-39)82-37-18-27-32(80-51(37)25-7-9-28(58)30(60)15-25)16-26(57)17-33(27)81-54-50(73)48(71)46(69)38(83-54)22-78-43(66)19-40(62)63/h4-18,31,38-39,44,46-61,67-73H,19-22H2,1-3H3,(H,62,63). The van der Waals surface area contributed by atoms with Crippen LogP contribution in [0.15, 0.2) is 78.6 Å². The molecule has 15 atom stereocenters. The molecule has 0 bridgehead atoms. The first-order valence-corrected chi connectivity index (χ1v) is 25.8. The van der Waals surface area contributed by atoms with Crippen molar-refractivity contribution in [1.82, 2.24) is 0 Å². The number of aliphatic hydroxyl groups is 7. The molecule has 3 saturated heterocycles. The van der Waals surface area contributed by atoms with E-state index in [1.807, 2.05) is 0 Å². The normalized spacial score (nSPS) is 28.1. The van der Waals surface area contributed by atoms with Gasteiger partial charge in [0.1, 0.15) is 97.6 Å². The van der Waals surface area contributed by atoms with Gasteiger partial charge in [-0.15, -0.1) is 0 Å². The van der Waals surface area contributed by atoms with Crippen LogP contribution in [0.1, 0.15) is 34.8 Å². The molecule has 4 aromatic carbocycles. The van der Waals surface area contributed by atoms with Crippen molar-refractivity contribution in [1.29, 1.82) is 0 Å². The molecule has 0 saturated carbocycles. The van der Waals surface area contributed by atoms with Crippen LogP contribution in [0.25, 0.3) is 18.2 Å². The number of carbonyl (C=O) groups is 4. The first kappa shape index (κ1) is 63.4. The number of carboxylic acid groups (broad SMARTS) is 1. The topological polar surface area (TPSA) is 451 Å². The Bertz CT molecular complexity index is 3170. The number of ether oxygens (including phenoxy) is 13. The van der Waals surface area contributed by atoms with Crippen LogP contribution in [0.4, 0.5) is 0 Å². The zero-order valence-corrected chi connectivity index (χ0v) is 45.4. The lowest BCUT2D eigenvalue weighted by atomic mass is 9.97. The van der Waals surface area contributed by atoms with Crippen molar-refractivity contribution < 1.29 is 147 Å². The molecule has 0 aromatic heterocycles. The lowest BCUT2D eigenvalue weighted by Gasteiger charge is -2.45. The highest BCUT2D eigenvalue weighted by Crippen LogP contribution is 2.47. The lowest BCUT2D eigenvalue weighted by Crippen LogP contribution is -2.63. The van der Waals surface area contributed by atoms with E-state index < -0.39 is 171 Å². The maximum absolute atomic E-state index is 13.5. The zero-order chi connectivity index (χ0) is 62.3. The number of hydrogen-bond donors (Lipinski definition) is 13. The number of benzene rings is 4. The molecule has 4 aliphatic rings. The third-order valence-corrected chi connectivity index (χ3v) is 13.6. The second kappa shape index (κ2) is 27.6. The van der Waals surface area contributed by atoms with E-state index in [0.717, 1.165) is 36.4 Å². The van der Waals surface area contributed by atoms with E-state index in [1.165, 1.54) is 76.0 Å². The van der Waals surface area contributed by atoms with Gasteiger partial charge in [-0.2, -0.15) is 0 Å². The summed E-state index contributed by atoms with van der Waals surface area (Å²) in [4.78, 5) is 49.8. The third kappa shape index (κ3) is 14.7. The lowest BCUT2D eigenvalue weighted by molar-refractivity contribution is -0.353. The summed E-state index contributed by atoms with van der Waals surface area (Å²) >= 11 is 0. The van der Waals surface area contributed by atoms with Gasteiger partial charge in [0, 0.05) is 29.8 Å². The Kier molecular flexibility index (Phi) is 20.3. The van der Waals surface area contributed by atoms with Crippen molar-refractivity contribution in [3.63, 3.8) is 0 Å². The van der Waals surface area contributed by atoms with Crippen LogP contribution in [0.5, 0.6) is 57.5 Å². The van der Waals surface area contributed by atoms with Crippen molar-refractivity contribution in [3.8, 4) is 57.5 Å². The largest absolute Gasteiger partial charge is 0.508 e. The monoisotopic (exact) mass is 1210 g/mol. The minimum absolute atomic E-state index is 0.000711. The van der Waals surface area contributed by atoms with Gasteiger partial charge in [-0.1, -0.05) is 12.1 Å². The molecule has 4 aliphatic heterocycles. The van der Waals surface area contributed by atoms with E-state index in [1.54, 1.807) is 0 Å². The highest BCUT2D eigenvalue weighted by molar-refractivity contribution is 5.90. The van der Waals surface area contributed by atoms with Crippen molar-refractivity contribution in [2.45, 2.75) is 98.5 Å². The number of aliphatic hydroxyl groups excluding tert-OH is 7. The SMILES string of the molecule is COc1cc(C=CC(=O)OCC2OC(OC3=Cc4c(cc(O)cc4OC4OC(COC(=O)CC(=O)O)C(O)C(O)C4O)OC3c3ccc(O)c(O)c3)C(OC3OCC(O)C(O)C3OC(=O)C=Cc3cc(OC)c(O)c(OC)c3)C(O)C2O)ccc1O. The van der Waals surface area contributed by atoms with Gasteiger partial charge >= 0.3 is 23.9 Å². The third-order valence-electron chi connectivity index (χ3n) is 13.6. The summed E-state index contributed by atoms with van der Waals surface area (Å²) in [5, 5.41) is 140. The van der Waals surface area contributed by atoms with E-state index in [4.69, 9.17) is 66.7 Å². The van der Waals surface area contributed by atoms with Crippen LogP contribution in [0.2, 0.25) is 0 Å². The molecule has 464 valence electrons. The zero-order valence-electron chi connectivity index (χ0n) is 45.4. The Hall–Kier alpha value is -8.66. The maximum Gasteiger partial charge on any atom is 0.331 e. The highest BCUT2D eigenvalue weighted by Gasteiger charge is 2.53. The Morgan fingerprint density at radius 2 is 1.22 bits per heavy atom. The summed E-state index contributed by atoms with van der Waals surface area (Å²) in [6.45, 7) is -2.33. The van der Waals surface area contributed by atoms with E-state index in [-0.39, 0.29) is 51.2 Å². The number of rotatable bonds is 21. The van der Waals surface area contributed by atoms with Crippen LogP contribution in [0.3, 0.4) is 0 Å². The Morgan fingerprint density at radius 1 is 0.593 bits per heavy atom. The number of aliphatic carboxylic acids is 1.